The van der Waals surface area contributed by atoms with Gasteiger partial charge in [0.2, 0.25) is 16.8 Å². The van der Waals surface area contributed by atoms with Crippen molar-refractivity contribution in [2.24, 2.45) is 0 Å². The van der Waals surface area contributed by atoms with Crippen molar-refractivity contribution in [2.75, 3.05) is 25.6 Å². The van der Waals surface area contributed by atoms with Gasteiger partial charge in [0.15, 0.2) is 11.5 Å². The highest BCUT2D eigenvalue weighted by Crippen LogP contribution is 2.40. The van der Waals surface area contributed by atoms with Crippen LogP contribution in [0.25, 0.3) is 0 Å². The van der Waals surface area contributed by atoms with Crippen LogP contribution in [-0.2, 0) is 10.0 Å². The molecule has 0 spiro atoms. The molecule has 0 amide bonds. The molecule has 1 fully saturated rings. The Hall–Kier alpha value is -1.70. The van der Waals surface area contributed by atoms with Crippen LogP contribution in [0.5, 0.6) is 11.5 Å². The Morgan fingerprint density at radius 1 is 1.04 bits per heavy atom. The summed E-state index contributed by atoms with van der Waals surface area (Å²) in [6.07, 6.45) is 0.773. The fourth-order valence-electron chi connectivity index (χ4n) is 3.23. The third-order valence-electron chi connectivity index (χ3n) is 4.73. The number of hydrogen-bond donors (Lipinski definition) is 0. The molecule has 2 aromatic rings. The van der Waals surface area contributed by atoms with E-state index in [1.54, 1.807) is 28.2 Å². The maximum absolute atomic E-state index is 12.9. The molecule has 2 heterocycles. The smallest absolute Gasteiger partial charge is 0.243 e. The Balaban J connectivity index is 1.50. The summed E-state index contributed by atoms with van der Waals surface area (Å²) < 4.78 is 38.3. The summed E-state index contributed by atoms with van der Waals surface area (Å²) in [5, 5.41) is 0.253. The number of rotatable bonds is 3. The van der Waals surface area contributed by atoms with Gasteiger partial charge in [-0.25, -0.2) is 8.42 Å². The predicted octanol–water partition coefficient (Wildman–Crippen LogP) is 3.59. The summed E-state index contributed by atoms with van der Waals surface area (Å²) in [5.74, 6) is 2.32. The second-order valence-corrected chi connectivity index (χ2v) is 9.73. The van der Waals surface area contributed by atoms with Gasteiger partial charge in [-0.2, -0.15) is 16.1 Å². The molecule has 0 radical (unpaired) electrons. The zero-order chi connectivity index (χ0) is 18.1. The molecule has 1 atom stereocenters. The number of aryl methyl sites for hydroxylation is 1. The number of hydrogen-bond acceptors (Lipinski definition) is 5. The van der Waals surface area contributed by atoms with Gasteiger partial charge in [-0.1, -0.05) is 23.8 Å². The second-order valence-electron chi connectivity index (χ2n) is 6.48. The zero-order valence-electron chi connectivity index (χ0n) is 14.6. The van der Waals surface area contributed by atoms with Crippen LogP contribution in [0.15, 0.2) is 47.4 Å². The Kier molecular flexibility index (Phi) is 4.86. The highest BCUT2D eigenvalue weighted by Gasteiger charge is 2.29. The van der Waals surface area contributed by atoms with E-state index in [4.69, 9.17) is 9.47 Å². The monoisotopic (exact) mass is 391 g/mol. The van der Waals surface area contributed by atoms with Gasteiger partial charge in [-0.3, -0.25) is 0 Å². The fraction of sp³-hybridized carbons (Fsp3) is 0.368. The summed E-state index contributed by atoms with van der Waals surface area (Å²) in [6.45, 7) is 3.26. The molecule has 1 unspecified atom stereocenters. The van der Waals surface area contributed by atoms with Crippen LogP contribution in [0, 0.1) is 6.92 Å². The van der Waals surface area contributed by atoms with Gasteiger partial charge >= 0.3 is 0 Å². The van der Waals surface area contributed by atoms with Gasteiger partial charge in [-0.05, 0) is 43.2 Å². The maximum Gasteiger partial charge on any atom is 0.243 e. The van der Waals surface area contributed by atoms with E-state index in [9.17, 15) is 8.42 Å². The van der Waals surface area contributed by atoms with Gasteiger partial charge in [0.05, 0.1) is 4.90 Å². The second kappa shape index (κ2) is 7.13. The topological polar surface area (TPSA) is 55.8 Å². The largest absolute Gasteiger partial charge is 0.454 e. The summed E-state index contributed by atoms with van der Waals surface area (Å²) in [5.41, 5.74) is 2.21. The third-order valence-corrected chi connectivity index (χ3v) is 7.97. The van der Waals surface area contributed by atoms with Crippen molar-refractivity contribution in [3.8, 4) is 11.5 Å². The Bertz CT molecular complexity index is 896. The summed E-state index contributed by atoms with van der Waals surface area (Å²) in [4.78, 5) is 0.370. The van der Waals surface area contributed by atoms with Crippen LogP contribution in [0.1, 0.15) is 22.8 Å². The van der Waals surface area contributed by atoms with Gasteiger partial charge in [-0.15, -0.1) is 0 Å². The number of nitrogens with zero attached hydrogens (tertiary/aromatic N) is 1. The van der Waals surface area contributed by atoms with Gasteiger partial charge in [0, 0.05) is 24.1 Å². The molecule has 0 saturated carbocycles. The lowest BCUT2D eigenvalue weighted by Crippen LogP contribution is -2.33. The molecule has 138 valence electrons. The molecule has 2 aromatic carbocycles. The number of fused-ring (bicyclic) bond motifs is 1. The van der Waals surface area contributed by atoms with E-state index in [0.717, 1.165) is 34.8 Å². The first-order valence-corrected chi connectivity index (χ1v) is 11.1. The van der Waals surface area contributed by atoms with Crippen LogP contribution < -0.4 is 9.47 Å². The molecule has 0 aliphatic carbocycles. The SMILES string of the molecule is Cc1ccc(S(=O)(=O)N2CCSC(c3ccc4c(c3)OCO4)CC2)cc1. The van der Waals surface area contributed by atoms with Crippen LogP contribution in [-0.4, -0.2) is 38.4 Å². The minimum absolute atomic E-state index is 0.253. The number of ether oxygens (including phenoxy) is 2. The average Bonchev–Trinajstić information content (AvgIpc) is 2.96. The minimum Gasteiger partial charge on any atom is -0.454 e. The standard InChI is InChI=1S/C19H21NO4S2/c1-14-2-5-16(6-3-14)26(21,22)20-9-8-19(25-11-10-20)15-4-7-17-18(12-15)24-13-23-17/h2-7,12,19H,8-11,13H2,1H3. The van der Waals surface area contributed by atoms with Gasteiger partial charge < -0.3 is 9.47 Å². The van der Waals surface area contributed by atoms with E-state index in [1.807, 2.05) is 31.2 Å². The molecule has 1 saturated heterocycles. The Morgan fingerprint density at radius 2 is 1.81 bits per heavy atom. The van der Waals surface area contributed by atoms with Crippen molar-refractivity contribution in [1.82, 2.24) is 4.31 Å². The van der Waals surface area contributed by atoms with Crippen molar-refractivity contribution >= 4 is 21.8 Å². The van der Waals surface area contributed by atoms with Crippen LogP contribution in [0.3, 0.4) is 0 Å². The van der Waals surface area contributed by atoms with Crippen LogP contribution >= 0.6 is 11.8 Å². The van der Waals surface area contributed by atoms with Crippen molar-refractivity contribution in [3.63, 3.8) is 0 Å². The highest BCUT2D eigenvalue weighted by molar-refractivity contribution is 7.99. The van der Waals surface area contributed by atoms with Crippen LogP contribution in [0.2, 0.25) is 0 Å². The molecule has 0 aromatic heterocycles. The molecule has 2 aliphatic rings. The van der Waals surface area contributed by atoms with Crippen molar-refractivity contribution in [3.05, 3.63) is 53.6 Å². The fourth-order valence-corrected chi connectivity index (χ4v) is 6.02. The van der Waals surface area contributed by atoms with E-state index < -0.39 is 10.0 Å². The minimum atomic E-state index is -3.44. The van der Waals surface area contributed by atoms with E-state index in [0.29, 0.717) is 18.0 Å². The maximum atomic E-state index is 12.9. The number of thioether (sulfide) groups is 1. The quantitative estimate of drug-likeness (QED) is 0.800. The average molecular weight is 392 g/mol. The molecular weight excluding hydrogens is 370 g/mol. The Labute approximate surface area is 158 Å². The van der Waals surface area contributed by atoms with Crippen molar-refractivity contribution in [1.29, 1.82) is 0 Å². The Morgan fingerprint density at radius 3 is 2.62 bits per heavy atom. The summed E-state index contributed by atoms with van der Waals surface area (Å²) >= 11 is 1.80. The zero-order valence-corrected chi connectivity index (χ0v) is 16.2. The molecule has 2 aliphatic heterocycles. The lowest BCUT2D eigenvalue weighted by atomic mass is 10.1. The van der Waals surface area contributed by atoms with Crippen molar-refractivity contribution < 1.29 is 17.9 Å². The van der Waals surface area contributed by atoms with E-state index in [-0.39, 0.29) is 12.0 Å². The summed E-state index contributed by atoms with van der Waals surface area (Å²) in [6, 6.07) is 13.1. The highest BCUT2D eigenvalue weighted by atomic mass is 32.2. The number of benzene rings is 2. The molecule has 5 nitrogen and oxygen atoms in total. The molecule has 4 rings (SSSR count). The molecular formula is C19H21NO4S2. The third kappa shape index (κ3) is 3.43. The summed E-state index contributed by atoms with van der Waals surface area (Å²) in [7, 11) is -3.44. The lowest BCUT2D eigenvalue weighted by Gasteiger charge is -2.20. The predicted molar refractivity (Wildman–Crippen MR) is 102 cm³/mol. The molecule has 26 heavy (non-hydrogen) atoms. The first-order valence-electron chi connectivity index (χ1n) is 8.62. The van der Waals surface area contributed by atoms with E-state index in [1.165, 1.54) is 0 Å². The lowest BCUT2D eigenvalue weighted by molar-refractivity contribution is 0.174. The first-order chi connectivity index (χ1) is 12.5. The van der Waals surface area contributed by atoms with Gasteiger partial charge in [0.25, 0.3) is 0 Å². The first kappa shape index (κ1) is 17.7. The van der Waals surface area contributed by atoms with Crippen molar-refractivity contribution in [2.45, 2.75) is 23.5 Å². The normalized spacial score (nSPS) is 20.7. The van der Waals surface area contributed by atoms with E-state index >= 15 is 0 Å². The molecule has 0 N–H and O–H groups in total. The van der Waals surface area contributed by atoms with Crippen LogP contribution in [0.4, 0.5) is 0 Å². The van der Waals surface area contributed by atoms with Gasteiger partial charge in [0.1, 0.15) is 0 Å². The van der Waals surface area contributed by atoms with E-state index in [2.05, 4.69) is 6.07 Å². The molecule has 0 bridgehead atoms. The number of sulfonamides is 1. The molecule has 7 heteroatoms.